The van der Waals surface area contributed by atoms with Gasteiger partial charge in [-0.2, -0.15) is 9.67 Å². The van der Waals surface area contributed by atoms with Gasteiger partial charge in [0.25, 0.3) is 0 Å². The summed E-state index contributed by atoms with van der Waals surface area (Å²) in [7, 11) is 4.17. The molecule has 0 spiro atoms. The van der Waals surface area contributed by atoms with Crippen LogP contribution in [-0.4, -0.2) is 9.78 Å². The van der Waals surface area contributed by atoms with Crippen molar-refractivity contribution in [3.8, 4) is 11.4 Å². The van der Waals surface area contributed by atoms with Gasteiger partial charge in [-0.25, -0.2) is 0 Å². The Morgan fingerprint density at radius 3 is 1.89 bits per heavy atom. The second-order valence-corrected chi connectivity index (χ2v) is 5.55. The summed E-state index contributed by atoms with van der Waals surface area (Å²) >= 11 is 0. The number of aryl methyl sites for hydroxylation is 2. The summed E-state index contributed by atoms with van der Waals surface area (Å²) in [6, 6.07) is 0. The van der Waals surface area contributed by atoms with Gasteiger partial charge in [0.05, 0.1) is 5.69 Å². The van der Waals surface area contributed by atoms with Crippen LogP contribution in [-0.2, 0) is 14.1 Å². The Morgan fingerprint density at radius 2 is 1.42 bits per heavy atom. The van der Waals surface area contributed by atoms with Gasteiger partial charge in [-0.15, -0.1) is 0 Å². The lowest BCUT2D eigenvalue weighted by atomic mass is 9.98. The summed E-state index contributed by atoms with van der Waals surface area (Å²) in [5.41, 5.74) is 10.3. The summed E-state index contributed by atoms with van der Waals surface area (Å²) in [5.74, 6) is 0. The zero-order valence-corrected chi connectivity index (χ0v) is 13.3. The Balaban J connectivity index is 2.91. The van der Waals surface area contributed by atoms with Crippen LogP contribution in [0.1, 0.15) is 33.6 Å². The molecule has 0 aliphatic rings. The van der Waals surface area contributed by atoms with E-state index in [1.807, 2.05) is 11.7 Å². The van der Waals surface area contributed by atoms with E-state index in [1.54, 1.807) is 0 Å². The van der Waals surface area contributed by atoms with E-state index in [1.165, 1.54) is 39.3 Å². The SMILES string of the molecule is Cc1nn(C)c(-c2c(C)c(C)c(C)c(C)[n+]2C)c1C. The first-order chi connectivity index (χ1) is 8.77. The Morgan fingerprint density at radius 1 is 0.842 bits per heavy atom. The Kier molecular flexibility index (Phi) is 3.25. The maximum Gasteiger partial charge on any atom is 0.234 e. The van der Waals surface area contributed by atoms with E-state index in [0.717, 1.165) is 5.69 Å². The van der Waals surface area contributed by atoms with Crippen LogP contribution >= 0.6 is 0 Å². The smallest absolute Gasteiger partial charge is 0.234 e. The van der Waals surface area contributed by atoms with Gasteiger partial charge >= 0.3 is 0 Å². The average molecular weight is 258 g/mol. The highest BCUT2D eigenvalue weighted by Gasteiger charge is 2.26. The van der Waals surface area contributed by atoms with Gasteiger partial charge in [-0.05, 0) is 40.2 Å². The minimum atomic E-state index is 1.10. The predicted molar refractivity (Wildman–Crippen MR) is 78.2 cm³/mol. The van der Waals surface area contributed by atoms with E-state index >= 15 is 0 Å². The van der Waals surface area contributed by atoms with Crippen molar-refractivity contribution < 1.29 is 4.57 Å². The number of hydrogen-bond donors (Lipinski definition) is 0. The van der Waals surface area contributed by atoms with Gasteiger partial charge in [0, 0.05) is 30.7 Å². The molecule has 0 saturated heterocycles. The van der Waals surface area contributed by atoms with Crippen molar-refractivity contribution in [3.63, 3.8) is 0 Å². The van der Waals surface area contributed by atoms with Crippen molar-refractivity contribution in [2.75, 3.05) is 0 Å². The zero-order valence-electron chi connectivity index (χ0n) is 13.3. The summed E-state index contributed by atoms with van der Waals surface area (Å²) in [5, 5.41) is 4.55. The molecule has 0 aliphatic heterocycles. The van der Waals surface area contributed by atoms with Gasteiger partial charge in [-0.3, -0.25) is 4.68 Å². The van der Waals surface area contributed by atoms with E-state index in [0.29, 0.717) is 0 Å². The van der Waals surface area contributed by atoms with Crippen LogP contribution in [0.3, 0.4) is 0 Å². The van der Waals surface area contributed by atoms with Crippen molar-refractivity contribution >= 4 is 0 Å². The molecule has 0 atom stereocenters. The predicted octanol–water partition coefficient (Wildman–Crippen LogP) is 2.76. The number of hydrogen-bond acceptors (Lipinski definition) is 1. The van der Waals surface area contributed by atoms with Crippen molar-refractivity contribution in [2.45, 2.75) is 41.5 Å². The molecule has 2 aromatic rings. The Bertz CT molecular complexity index is 634. The van der Waals surface area contributed by atoms with Gasteiger partial charge in [0.1, 0.15) is 12.7 Å². The molecule has 2 aromatic heterocycles. The number of rotatable bonds is 1. The molecule has 0 aliphatic carbocycles. The van der Waals surface area contributed by atoms with E-state index in [-0.39, 0.29) is 0 Å². The molecule has 0 N–H and O–H groups in total. The molecule has 102 valence electrons. The van der Waals surface area contributed by atoms with Gasteiger partial charge in [0.2, 0.25) is 5.69 Å². The first kappa shape index (κ1) is 13.8. The molecule has 0 aromatic carbocycles. The lowest BCUT2D eigenvalue weighted by molar-refractivity contribution is -0.667. The number of pyridine rings is 1. The summed E-state index contributed by atoms with van der Waals surface area (Å²) < 4.78 is 4.29. The fraction of sp³-hybridized carbons (Fsp3) is 0.500. The third kappa shape index (κ3) is 1.88. The fourth-order valence-electron chi connectivity index (χ4n) is 2.83. The molecule has 0 radical (unpaired) electrons. The molecule has 0 saturated carbocycles. The fourth-order valence-corrected chi connectivity index (χ4v) is 2.83. The van der Waals surface area contributed by atoms with Crippen molar-refractivity contribution in [2.24, 2.45) is 14.1 Å². The number of nitrogens with zero attached hydrogens (tertiary/aromatic N) is 3. The minimum absolute atomic E-state index is 1.10. The van der Waals surface area contributed by atoms with E-state index in [9.17, 15) is 0 Å². The summed E-state index contributed by atoms with van der Waals surface area (Å²) in [6.45, 7) is 13.0. The highest BCUT2D eigenvalue weighted by atomic mass is 15.3. The molecular weight excluding hydrogens is 234 g/mol. The average Bonchev–Trinajstić information content (AvgIpc) is 2.61. The van der Waals surface area contributed by atoms with E-state index < -0.39 is 0 Å². The highest BCUT2D eigenvalue weighted by Crippen LogP contribution is 2.28. The third-order valence-electron chi connectivity index (χ3n) is 4.61. The van der Waals surface area contributed by atoms with Gasteiger partial charge in [-0.1, -0.05) is 0 Å². The van der Waals surface area contributed by atoms with E-state index in [4.69, 9.17) is 0 Å². The molecule has 3 nitrogen and oxygen atoms in total. The minimum Gasteiger partial charge on any atom is -0.261 e. The summed E-state index contributed by atoms with van der Waals surface area (Å²) in [6.07, 6.45) is 0. The molecular formula is C16H24N3+. The monoisotopic (exact) mass is 258 g/mol. The topological polar surface area (TPSA) is 21.7 Å². The third-order valence-corrected chi connectivity index (χ3v) is 4.61. The molecule has 0 unspecified atom stereocenters. The van der Waals surface area contributed by atoms with Crippen molar-refractivity contribution in [1.82, 2.24) is 9.78 Å². The van der Waals surface area contributed by atoms with E-state index in [2.05, 4.69) is 58.3 Å². The van der Waals surface area contributed by atoms with Crippen LogP contribution in [0, 0.1) is 41.5 Å². The van der Waals surface area contributed by atoms with Crippen LogP contribution in [0.2, 0.25) is 0 Å². The first-order valence-electron chi connectivity index (χ1n) is 6.74. The Labute approximate surface area is 115 Å². The lowest BCUT2D eigenvalue weighted by Gasteiger charge is -2.13. The maximum atomic E-state index is 4.55. The van der Waals surface area contributed by atoms with Crippen LogP contribution in [0.4, 0.5) is 0 Å². The molecule has 2 rings (SSSR count). The maximum absolute atomic E-state index is 4.55. The molecule has 0 bridgehead atoms. The normalized spacial score (nSPS) is 11.2. The summed E-state index contributed by atoms with van der Waals surface area (Å²) in [4.78, 5) is 0. The number of aromatic nitrogens is 3. The quantitative estimate of drug-likeness (QED) is 0.721. The molecule has 0 fully saturated rings. The zero-order chi connectivity index (χ0) is 14.5. The largest absolute Gasteiger partial charge is 0.261 e. The van der Waals surface area contributed by atoms with Crippen molar-refractivity contribution in [1.29, 1.82) is 0 Å². The molecule has 3 heteroatoms. The van der Waals surface area contributed by atoms with Crippen LogP contribution in [0.5, 0.6) is 0 Å². The molecule has 0 amide bonds. The van der Waals surface area contributed by atoms with Crippen molar-refractivity contribution in [3.05, 3.63) is 33.6 Å². The van der Waals surface area contributed by atoms with Crippen LogP contribution < -0.4 is 4.57 Å². The second-order valence-electron chi connectivity index (χ2n) is 5.55. The molecule has 2 heterocycles. The highest BCUT2D eigenvalue weighted by molar-refractivity contribution is 5.63. The Hall–Kier alpha value is -1.64. The van der Waals surface area contributed by atoms with Gasteiger partial charge in [0.15, 0.2) is 5.69 Å². The second kappa shape index (κ2) is 4.48. The van der Waals surface area contributed by atoms with Crippen LogP contribution in [0.15, 0.2) is 0 Å². The lowest BCUT2D eigenvalue weighted by Crippen LogP contribution is -2.38. The first-order valence-corrected chi connectivity index (χ1v) is 6.74. The van der Waals surface area contributed by atoms with Crippen LogP contribution in [0.25, 0.3) is 11.4 Å². The van der Waals surface area contributed by atoms with Gasteiger partial charge < -0.3 is 0 Å². The standard InChI is InChI=1S/C16H24N3/c1-9-10(2)14(6)18(7)15(11(9)3)16-12(4)13(5)17-19(16)8/h1-8H3/q+1. The molecule has 19 heavy (non-hydrogen) atoms.